The maximum absolute atomic E-state index is 11.8. The van der Waals surface area contributed by atoms with Gasteiger partial charge in [0.05, 0.1) is 5.52 Å². The Kier molecular flexibility index (Phi) is 2.04. The Bertz CT molecular complexity index is 727. The Labute approximate surface area is 95.8 Å². The fourth-order valence-electron chi connectivity index (χ4n) is 1.81. The van der Waals surface area contributed by atoms with Gasteiger partial charge in [-0.05, 0) is 6.07 Å². The smallest absolute Gasteiger partial charge is 0.268 e. The summed E-state index contributed by atoms with van der Waals surface area (Å²) in [5.74, 6) is 0.751. The van der Waals surface area contributed by atoms with E-state index in [1.807, 2.05) is 31.2 Å². The van der Waals surface area contributed by atoms with Crippen LogP contribution in [-0.4, -0.2) is 9.97 Å². The average molecular weight is 230 g/mol. The molecule has 0 radical (unpaired) electrons. The fourth-order valence-corrected chi connectivity index (χ4v) is 2.85. The van der Waals surface area contributed by atoms with Gasteiger partial charge in [0.15, 0.2) is 0 Å². The third-order valence-electron chi connectivity index (χ3n) is 2.61. The molecular formula is C12H10N2OS. The number of fused-ring (bicyclic) bond motifs is 3. The van der Waals surface area contributed by atoms with Gasteiger partial charge in [0.25, 0.3) is 5.56 Å². The van der Waals surface area contributed by atoms with Crippen LogP contribution in [0.3, 0.4) is 0 Å². The first-order chi connectivity index (χ1) is 7.79. The van der Waals surface area contributed by atoms with Gasteiger partial charge in [0, 0.05) is 16.5 Å². The summed E-state index contributed by atoms with van der Waals surface area (Å²) < 4.78 is 1.84. The molecule has 0 bridgehead atoms. The number of aromatic nitrogens is 2. The molecule has 0 unspecified atom stereocenters. The molecule has 0 amide bonds. The summed E-state index contributed by atoms with van der Waals surface area (Å²) in [6.45, 7) is 1.98. The van der Waals surface area contributed by atoms with Gasteiger partial charge in [-0.1, -0.05) is 25.1 Å². The molecule has 0 spiro atoms. The number of H-pyrrole nitrogens is 1. The van der Waals surface area contributed by atoms with Gasteiger partial charge in [-0.15, -0.1) is 11.3 Å². The van der Waals surface area contributed by atoms with E-state index in [4.69, 9.17) is 0 Å². The Morgan fingerprint density at radius 2 is 2.19 bits per heavy atom. The minimum absolute atomic E-state index is 0.0250. The van der Waals surface area contributed by atoms with Crippen LogP contribution >= 0.6 is 11.3 Å². The topological polar surface area (TPSA) is 45.8 Å². The van der Waals surface area contributed by atoms with Crippen molar-refractivity contribution in [2.75, 3.05) is 0 Å². The Morgan fingerprint density at radius 1 is 1.38 bits per heavy atom. The Hall–Kier alpha value is -1.68. The fraction of sp³-hybridized carbons (Fsp3) is 0.167. The Morgan fingerprint density at radius 3 is 3.00 bits per heavy atom. The second-order valence-electron chi connectivity index (χ2n) is 3.64. The van der Waals surface area contributed by atoms with Crippen molar-refractivity contribution < 1.29 is 0 Å². The average Bonchev–Trinajstić information content (AvgIpc) is 2.68. The molecule has 1 aromatic carbocycles. The van der Waals surface area contributed by atoms with Crippen LogP contribution in [0, 0.1) is 0 Å². The molecule has 2 aromatic heterocycles. The van der Waals surface area contributed by atoms with E-state index in [2.05, 4.69) is 9.97 Å². The number of aromatic amines is 1. The van der Waals surface area contributed by atoms with Crippen LogP contribution in [0.5, 0.6) is 0 Å². The first kappa shape index (κ1) is 9.54. The van der Waals surface area contributed by atoms with Crippen molar-refractivity contribution in [3.8, 4) is 0 Å². The lowest BCUT2D eigenvalue weighted by Gasteiger charge is -1.95. The van der Waals surface area contributed by atoms with E-state index in [1.165, 1.54) is 11.3 Å². The van der Waals surface area contributed by atoms with Crippen LogP contribution in [0.4, 0.5) is 0 Å². The monoisotopic (exact) mass is 230 g/mol. The predicted octanol–water partition coefficient (Wildman–Crippen LogP) is 2.70. The lowest BCUT2D eigenvalue weighted by molar-refractivity contribution is 0.947. The summed E-state index contributed by atoms with van der Waals surface area (Å²) in [5.41, 5.74) is 0.809. The number of hydrogen-bond acceptors (Lipinski definition) is 3. The molecule has 0 saturated carbocycles. The molecule has 4 heteroatoms. The molecular weight excluding hydrogens is 220 g/mol. The van der Waals surface area contributed by atoms with Crippen LogP contribution in [0.15, 0.2) is 29.1 Å². The first-order valence-electron chi connectivity index (χ1n) is 5.20. The van der Waals surface area contributed by atoms with E-state index >= 15 is 0 Å². The second-order valence-corrected chi connectivity index (χ2v) is 4.69. The van der Waals surface area contributed by atoms with Crippen molar-refractivity contribution in [3.63, 3.8) is 0 Å². The highest BCUT2D eigenvalue weighted by molar-refractivity contribution is 7.25. The van der Waals surface area contributed by atoms with Crippen LogP contribution in [0.25, 0.3) is 20.3 Å². The lowest BCUT2D eigenvalue weighted by Crippen LogP contribution is -2.09. The quantitative estimate of drug-likeness (QED) is 0.698. The van der Waals surface area contributed by atoms with Gasteiger partial charge < -0.3 is 4.98 Å². The summed E-state index contributed by atoms with van der Waals surface area (Å²) in [6.07, 6.45) is 0.745. The lowest BCUT2D eigenvalue weighted by atomic mass is 10.2. The van der Waals surface area contributed by atoms with Gasteiger partial charge in [0.1, 0.15) is 10.5 Å². The third kappa shape index (κ3) is 1.27. The molecule has 0 aliphatic carbocycles. The molecule has 0 atom stereocenters. The minimum atomic E-state index is -0.0250. The highest BCUT2D eigenvalue weighted by Gasteiger charge is 2.09. The maximum Gasteiger partial charge on any atom is 0.268 e. The summed E-state index contributed by atoms with van der Waals surface area (Å²) in [6, 6.07) is 7.99. The summed E-state index contributed by atoms with van der Waals surface area (Å²) in [4.78, 5) is 19.1. The SMILES string of the molecule is CCc1nc2c(sc3ccccc32)c(=O)[nH]1. The molecule has 0 aliphatic heterocycles. The number of thiophene rings is 1. The second kappa shape index (κ2) is 3.42. The molecule has 0 aliphatic rings. The molecule has 2 heterocycles. The van der Waals surface area contributed by atoms with E-state index < -0.39 is 0 Å². The van der Waals surface area contributed by atoms with Gasteiger partial charge >= 0.3 is 0 Å². The highest BCUT2D eigenvalue weighted by Crippen LogP contribution is 2.29. The van der Waals surface area contributed by atoms with Crippen LogP contribution in [-0.2, 0) is 6.42 Å². The van der Waals surface area contributed by atoms with E-state index in [0.29, 0.717) is 0 Å². The summed E-state index contributed by atoms with van der Waals surface area (Å²) in [5, 5.41) is 1.07. The van der Waals surface area contributed by atoms with Gasteiger partial charge in [0.2, 0.25) is 0 Å². The standard InChI is InChI=1S/C12H10N2OS/c1-2-9-13-10-7-5-3-4-6-8(7)16-11(10)12(15)14-9/h3-6H,2H2,1H3,(H,13,14,15). The number of rotatable bonds is 1. The van der Waals surface area contributed by atoms with Crippen molar-refractivity contribution in [2.45, 2.75) is 13.3 Å². The Balaban J connectivity index is 2.56. The third-order valence-corrected chi connectivity index (χ3v) is 3.77. The van der Waals surface area contributed by atoms with E-state index in [1.54, 1.807) is 0 Å². The zero-order valence-corrected chi connectivity index (χ0v) is 9.60. The number of nitrogens with one attached hydrogen (secondary N) is 1. The van der Waals surface area contributed by atoms with Crippen molar-refractivity contribution >= 4 is 31.6 Å². The highest BCUT2D eigenvalue weighted by atomic mass is 32.1. The van der Waals surface area contributed by atoms with E-state index in [9.17, 15) is 4.79 Å². The van der Waals surface area contributed by atoms with E-state index in [0.717, 1.165) is 32.5 Å². The van der Waals surface area contributed by atoms with Gasteiger partial charge in [-0.2, -0.15) is 0 Å². The van der Waals surface area contributed by atoms with Crippen molar-refractivity contribution in [2.24, 2.45) is 0 Å². The minimum Gasteiger partial charge on any atom is -0.309 e. The van der Waals surface area contributed by atoms with Crippen molar-refractivity contribution in [1.29, 1.82) is 0 Å². The predicted molar refractivity (Wildman–Crippen MR) is 67.1 cm³/mol. The van der Waals surface area contributed by atoms with E-state index in [-0.39, 0.29) is 5.56 Å². The van der Waals surface area contributed by atoms with Crippen LogP contribution in [0.1, 0.15) is 12.7 Å². The number of aryl methyl sites for hydroxylation is 1. The molecule has 3 nitrogen and oxygen atoms in total. The van der Waals surface area contributed by atoms with Crippen LogP contribution in [0.2, 0.25) is 0 Å². The zero-order valence-electron chi connectivity index (χ0n) is 8.78. The van der Waals surface area contributed by atoms with Gasteiger partial charge in [-0.25, -0.2) is 4.98 Å². The largest absolute Gasteiger partial charge is 0.309 e. The number of hydrogen-bond donors (Lipinski definition) is 1. The summed E-state index contributed by atoms with van der Waals surface area (Å²) in [7, 11) is 0. The zero-order chi connectivity index (χ0) is 11.1. The molecule has 80 valence electrons. The molecule has 3 rings (SSSR count). The first-order valence-corrected chi connectivity index (χ1v) is 6.01. The molecule has 1 N–H and O–H groups in total. The number of benzene rings is 1. The molecule has 16 heavy (non-hydrogen) atoms. The van der Waals surface area contributed by atoms with Gasteiger partial charge in [-0.3, -0.25) is 4.79 Å². The molecule has 0 saturated heterocycles. The summed E-state index contributed by atoms with van der Waals surface area (Å²) >= 11 is 1.50. The molecule has 0 fully saturated rings. The van der Waals surface area contributed by atoms with Crippen molar-refractivity contribution in [1.82, 2.24) is 9.97 Å². The normalized spacial score (nSPS) is 11.3. The number of nitrogens with zero attached hydrogens (tertiary/aromatic N) is 1. The van der Waals surface area contributed by atoms with Crippen molar-refractivity contribution in [3.05, 3.63) is 40.4 Å². The van der Waals surface area contributed by atoms with Crippen LogP contribution < -0.4 is 5.56 Å². The molecule has 3 aromatic rings. The maximum atomic E-state index is 11.8.